The van der Waals surface area contributed by atoms with Gasteiger partial charge >= 0.3 is 0 Å². The van der Waals surface area contributed by atoms with Gasteiger partial charge in [-0.2, -0.15) is 0 Å². The van der Waals surface area contributed by atoms with Crippen LogP contribution >= 0.6 is 54.5 Å². The summed E-state index contributed by atoms with van der Waals surface area (Å²) < 4.78 is 2.23. The zero-order chi connectivity index (χ0) is 15.8. The molecule has 0 radical (unpaired) electrons. The van der Waals surface area contributed by atoms with Gasteiger partial charge in [0.2, 0.25) is 0 Å². The van der Waals surface area contributed by atoms with Crippen LogP contribution in [0.4, 0.5) is 0 Å². The molecule has 1 N–H and O–H groups in total. The third kappa shape index (κ3) is 4.38. The number of nitrogens with zero attached hydrogens (tertiary/aromatic N) is 1. The first-order chi connectivity index (χ1) is 9.68. The molecule has 2 nitrogen and oxygen atoms in total. The Morgan fingerprint density at radius 2 is 1.90 bits per heavy atom. The molecule has 0 saturated carbocycles. The first-order valence-electron chi connectivity index (χ1n) is 6.85. The summed E-state index contributed by atoms with van der Waals surface area (Å²) in [4.78, 5) is 6.16. The predicted octanol–water partition coefficient (Wildman–Crippen LogP) is 6.11. The van der Waals surface area contributed by atoms with Crippen LogP contribution in [0, 0.1) is 0 Å². The zero-order valence-corrected chi connectivity index (χ0v) is 17.6. The third-order valence-corrected chi connectivity index (χ3v) is 7.22. The molecule has 0 amide bonds. The largest absolute Gasteiger partial charge is 0.301 e. The summed E-state index contributed by atoms with van der Waals surface area (Å²) in [7, 11) is 0. The van der Waals surface area contributed by atoms with Crippen molar-refractivity contribution < 1.29 is 0 Å². The number of halogens is 2. The fourth-order valence-electron chi connectivity index (χ4n) is 1.88. The molecule has 0 aliphatic carbocycles. The summed E-state index contributed by atoms with van der Waals surface area (Å²) in [5, 5.41) is 6.95. The normalized spacial score (nSPS) is 13.9. The molecule has 116 valence electrons. The van der Waals surface area contributed by atoms with Crippen molar-refractivity contribution in [1.82, 2.24) is 10.3 Å². The standard InChI is InChI=1S/C15H20Br2N2S2/c1-8(2)18-12(10-6-9(16)13(17)21-10)14-19-11(7-20-14)15(3,4)5/h6-8,12,18H,1-5H3. The topological polar surface area (TPSA) is 24.9 Å². The molecule has 1 unspecified atom stereocenters. The van der Waals surface area contributed by atoms with Crippen LogP contribution in [-0.2, 0) is 5.41 Å². The van der Waals surface area contributed by atoms with Crippen LogP contribution in [-0.4, -0.2) is 11.0 Å². The number of thiophene rings is 1. The van der Waals surface area contributed by atoms with E-state index in [4.69, 9.17) is 4.98 Å². The van der Waals surface area contributed by atoms with Gasteiger partial charge in [0.25, 0.3) is 0 Å². The van der Waals surface area contributed by atoms with E-state index in [-0.39, 0.29) is 11.5 Å². The predicted molar refractivity (Wildman–Crippen MR) is 101 cm³/mol. The van der Waals surface area contributed by atoms with Gasteiger partial charge in [-0.15, -0.1) is 22.7 Å². The molecule has 0 saturated heterocycles. The van der Waals surface area contributed by atoms with Crippen LogP contribution in [0.25, 0.3) is 0 Å². The van der Waals surface area contributed by atoms with Crippen molar-refractivity contribution >= 4 is 54.5 Å². The summed E-state index contributed by atoms with van der Waals surface area (Å²) >= 11 is 10.7. The Bertz CT molecular complexity index is 592. The van der Waals surface area contributed by atoms with Gasteiger partial charge in [0.15, 0.2) is 0 Å². The highest BCUT2D eigenvalue weighted by Gasteiger charge is 2.24. The number of hydrogen-bond acceptors (Lipinski definition) is 4. The molecule has 0 bridgehead atoms. The molecule has 2 aromatic rings. The average molecular weight is 452 g/mol. The van der Waals surface area contributed by atoms with E-state index in [2.05, 4.69) is 83.2 Å². The smallest absolute Gasteiger partial charge is 0.115 e. The van der Waals surface area contributed by atoms with E-state index >= 15 is 0 Å². The van der Waals surface area contributed by atoms with Crippen LogP contribution in [0.1, 0.15) is 56.2 Å². The lowest BCUT2D eigenvalue weighted by Crippen LogP contribution is -2.28. The highest BCUT2D eigenvalue weighted by Crippen LogP contribution is 2.39. The summed E-state index contributed by atoms with van der Waals surface area (Å²) in [5.41, 5.74) is 1.25. The maximum atomic E-state index is 4.88. The first-order valence-corrected chi connectivity index (χ1v) is 10.1. The van der Waals surface area contributed by atoms with Crippen molar-refractivity contribution in [2.24, 2.45) is 0 Å². The van der Waals surface area contributed by atoms with Crippen molar-refractivity contribution in [2.45, 2.75) is 52.1 Å². The van der Waals surface area contributed by atoms with Crippen LogP contribution in [0.3, 0.4) is 0 Å². The summed E-state index contributed by atoms with van der Waals surface area (Å²) in [5.74, 6) is 0. The second kappa shape index (κ2) is 6.79. The number of rotatable bonds is 4. The molecule has 6 heteroatoms. The monoisotopic (exact) mass is 450 g/mol. The minimum Gasteiger partial charge on any atom is -0.301 e. The van der Waals surface area contributed by atoms with Gasteiger partial charge in [0.05, 0.1) is 15.5 Å². The van der Waals surface area contributed by atoms with Crippen molar-refractivity contribution in [3.63, 3.8) is 0 Å². The average Bonchev–Trinajstić information content (AvgIpc) is 2.94. The molecule has 21 heavy (non-hydrogen) atoms. The third-order valence-electron chi connectivity index (χ3n) is 2.99. The van der Waals surface area contributed by atoms with Crippen LogP contribution in [0.15, 0.2) is 19.7 Å². The molecule has 2 aromatic heterocycles. The molecular weight excluding hydrogens is 432 g/mol. The van der Waals surface area contributed by atoms with E-state index in [0.717, 1.165) is 19.0 Å². The molecule has 0 fully saturated rings. The van der Waals surface area contributed by atoms with Crippen LogP contribution < -0.4 is 5.32 Å². The summed E-state index contributed by atoms with van der Waals surface area (Å²) in [6.07, 6.45) is 0. The zero-order valence-electron chi connectivity index (χ0n) is 12.8. The van der Waals surface area contributed by atoms with Crippen molar-refractivity contribution in [1.29, 1.82) is 0 Å². The minimum atomic E-state index is 0.0910. The SMILES string of the molecule is CC(C)NC(c1cc(Br)c(Br)s1)c1nc(C(C)(C)C)cs1. The van der Waals surface area contributed by atoms with Crippen molar-refractivity contribution in [3.8, 4) is 0 Å². The van der Waals surface area contributed by atoms with Crippen LogP contribution in [0.5, 0.6) is 0 Å². The van der Waals surface area contributed by atoms with E-state index in [1.165, 1.54) is 4.88 Å². The fourth-order valence-corrected chi connectivity index (χ4v) is 5.23. The van der Waals surface area contributed by atoms with E-state index in [1.54, 1.807) is 22.7 Å². The van der Waals surface area contributed by atoms with Crippen molar-refractivity contribution in [3.05, 3.63) is 35.3 Å². The maximum absolute atomic E-state index is 4.88. The first kappa shape index (κ1) is 17.6. The highest BCUT2D eigenvalue weighted by atomic mass is 79.9. The Morgan fingerprint density at radius 1 is 1.24 bits per heavy atom. The molecule has 0 aliphatic rings. The van der Waals surface area contributed by atoms with Crippen LogP contribution in [0.2, 0.25) is 0 Å². The lowest BCUT2D eigenvalue weighted by atomic mass is 9.93. The Morgan fingerprint density at radius 3 is 2.33 bits per heavy atom. The number of thiazole rings is 1. The second-order valence-electron chi connectivity index (χ2n) is 6.35. The molecule has 0 aliphatic heterocycles. The highest BCUT2D eigenvalue weighted by molar-refractivity contribution is 9.13. The van der Waals surface area contributed by atoms with E-state index in [0.29, 0.717) is 6.04 Å². The van der Waals surface area contributed by atoms with Gasteiger partial charge in [-0.1, -0.05) is 20.8 Å². The van der Waals surface area contributed by atoms with Gasteiger partial charge in [0, 0.05) is 26.2 Å². The molecular formula is C15H20Br2N2S2. The lowest BCUT2D eigenvalue weighted by Gasteiger charge is -2.19. The van der Waals surface area contributed by atoms with Gasteiger partial charge in [-0.3, -0.25) is 0 Å². The molecule has 2 heterocycles. The summed E-state index contributed by atoms with van der Waals surface area (Å²) in [6, 6.07) is 2.72. The molecule has 1 atom stereocenters. The van der Waals surface area contributed by atoms with Gasteiger partial charge in [-0.25, -0.2) is 4.98 Å². The Labute approximate surface area is 151 Å². The second-order valence-corrected chi connectivity index (χ2v) is 10.5. The quantitative estimate of drug-likeness (QED) is 0.605. The Balaban J connectivity index is 2.38. The van der Waals surface area contributed by atoms with E-state index < -0.39 is 0 Å². The Hall–Kier alpha value is 0.250. The minimum absolute atomic E-state index is 0.0910. The number of nitrogens with one attached hydrogen (secondary N) is 1. The fraction of sp³-hybridized carbons (Fsp3) is 0.533. The lowest BCUT2D eigenvalue weighted by molar-refractivity contribution is 0.524. The van der Waals surface area contributed by atoms with Gasteiger partial charge in [0.1, 0.15) is 5.01 Å². The van der Waals surface area contributed by atoms with Gasteiger partial charge < -0.3 is 5.32 Å². The maximum Gasteiger partial charge on any atom is 0.115 e. The number of aromatic nitrogens is 1. The van der Waals surface area contributed by atoms with Gasteiger partial charge in [-0.05, 0) is 51.8 Å². The summed E-state index contributed by atoms with van der Waals surface area (Å²) in [6.45, 7) is 10.9. The van der Waals surface area contributed by atoms with E-state index in [9.17, 15) is 0 Å². The molecule has 0 aromatic carbocycles. The molecule has 0 spiro atoms. The Kier molecular flexibility index (Phi) is 5.69. The van der Waals surface area contributed by atoms with E-state index in [1.807, 2.05) is 0 Å². The van der Waals surface area contributed by atoms with Crippen molar-refractivity contribution in [2.75, 3.05) is 0 Å². The number of hydrogen-bond donors (Lipinski definition) is 1. The molecule has 2 rings (SSSR count).